The number of benzene rings is 1. The molecule has 2 rings (SSSR count). The van der Waals surface area contributed by atoms with E-state index in [9.17, 15) is 13.2 Å². The molecule has 1 aliphatic rings. The summed E-state index contributed by atoms with van der Waals surface area (Å²) in [5.41, 5.74) is 0.890. The summed E-state index contributed by atoms with van der Waals surface area (Å²) in [5.74, 6) is 0.966. The van der Waals surface area contributed by atoms with Crippen LogP contribution in [0.4, 0.5) is 0 Å². The molecule has 152 valence electrons. The zero-order valence-electron chi connectivity index (χ0n) is 16.9. The molecule has 1 aliphatic heterocycles. The van der Waals surface area contributed by atoms with Gasteiger partial charge in [0.1, 0.15) is 0 Å². The standard InChI is InChI=1S/C20H33N3O3S/c1-15(2)23(4)27(25,26)19-9-7-17(8-10-19)13-22-20(24)12-16(3)18-6-5-11-21-14-18/h7-10,15-16,18,21H,5-6,11-14H2,1-4H3,(H,22,24). The normalized spacial score (nSPS) is 19.3. The van der Waals surface area contributed by atoms with Gasteiger partial charge in [-0.3, -0.25) is 4.79 Å². The molecule has 0 bridgehead atoms. The quantitative estimate of drug-likeness (QED) is 0.708. The van der Waals surface area contributed by atoms with Crippen molar-refractivity contribution in [2.24, 2.45) is 11.8 Å². The van der Waals surface area contributed by atoms with Crippen LogP contribution in [-0.2, 0) is 21.4 Å². The first kappa shape index (κ1) is 21.9. The highest BCUT2D eigenvalue weighted by molar-refractivity contribution is 7.89. The van der Waals surface area contributed by atoms with E-state index in [0.29, 0.717) is 24.8 Å². The monoisotopic (exact) mass is 395 g/mol. The molecule has 6 nitrogen and oxygen atoms in total. The number of rotatable bonds is 8. The van der Waals surface area contributed by atoms with Crippen molar-refractivity contribution >= 4 is 15.9 Å². The van der Waals surface area contributed by atoms with Gasteiger partial charge < -0.3 is 10.6 Å². The third-order valence-electron chi connectivity index (χ3n) is 5.46. The van der Waals surface area contributed by atoms with Gasteiger partial charge in [-0.05, 0) is 69.3 Å². The van der Waals surface area contributed by atoms with Gasteiger partial charge in [0.05, 0.1) is 4.90 Å². The van der Waals surface area contributed by atoms with Gasteiger partial charge >= 0.3 is 0 Å². The van der Waals surface area contributed by atoms with Crippen molar-refractivity contribution in [3.63, 3.8) is 0 Å². The lowest BCUT2D eigenvalue weighted by Crippen LogP contribution is -2.35. The summed E-state index contributed by atoms with van der Waals surface area (Å²) in [5, 5.41) is 6.34. The molecule has 2 atom stereocenters. The number of sulfonamides is 1. The molecule has 0 radical (unpaired) electrons. The number of nitrogens with one attached hydrogen (secondary N) is 2. The Balaban J connectivity index is 1.86. The Bertz CT molecular complexity index is 710. The van der Waals surface area contributed by atoms with E-state index in [1.165, 1.54) is 17.1 Å². The largest absolute Gasteiger partial charge is 0.352 e. The summed E-state index contributed by atoms with van der Waals surface area (Å²) in [6.45, 7) is 8.30. The van der Waals surface area contributed by atoms with Crippen molar-refractivity contribution in [3.05, 3.63) is 29.8 Å². The molecule has 1 aromatic rings. The zero-order valence-corrected chi connectivity index (χ0v) is 17.7. The molecule has 7 heteroatoms. The average molecular weight is 396 g/mol. The summed E-state index contributed by atoms with van der Waals surface area (Å²) in [4.78, 5) is 12.5. The number of nitrogens with zero attached hydrogens (tertiary/aromatic N) is 1. The summed E-state index contributed by atoms with van der Waals surface area (Å²) >= 11 is 0. The van der Waals surface area contributed by atoms with Crippen LogP contribution in [0, 0.1) is 11.8 Å². The predicted molar refractivity (Wildman–Crippen MR) is 108 cm³/mol. The van der Waals surface area contributed by atoms with Gasteiger partial charge in [-0.25, -0.2) is 8.42 Å². The summed E-state index contributed by atoms with van der Waals surface area (Å²) < 4.78 is 26.3. The Morgan fingerprint density at radius 2 is 1.93 bits per heavy atom. The van der Waals surface area contributed by atoms with Crippen molar-refractivity contribution < 1.29 is 13.2 Å². The smallest absolute Gasteiger partial charge is 0.243 e. The number of carbonyl (C=O) groups excluding carboxylic acids is 1. The molecule has 0 aromatic heterocycles. The van der Waals surface area contributed by atoms with Gasteiger partial charge in [-0.1, -0.05) is 19.1 Å². The fourth-order valence-electron chi connectivity index (χ4n) is 3.32. The second-order valence-electron chi connectivity index (χ2n) is 7.82. The van der Waals surface area contributed by atoms with Crippen LogP contribution in [-0.4, -0.2) is 44.8 Å². The predicted octanol–water partition coefficient (Wildman–Crippen LogP) is 2.36. The Hall–Kier alpha value is -1.44. The highest BCUT2D eigenvalue weighted by atomic mass is 32.2. The molecule has 1 heterocycles. The van der Waals surface area contributed by atoms with Gasteiger partial charge in [0, 0.05) is 26.1 Å². The topological polar surface area (TPSA) is 78.5 Å². The van der Waals surface area contributed by atoms with Crippen LogP contribution in [0.2, 0.25) is 0 Å². The van der Waals surface area contributed by atoms with Crippen LogP contribution in [0.3, 0.4) is 0 Å². The van der Waals surface area contributed by atoms with Crippen LogP contribution >= 0.6 is 0 Å². The van der Waals surface area contributed by atoms with Crippen LogP contribution in [0.1, 0.15) is 45.6 Å². The minimum atomic E-state index is -3.47. The Kier molecular flexibility index (Phi) is 7.82. The molecule has 0 saturated carbocycles. The van der Waals surface area contributed by atoms with Gasteiger partial charge in [-0.2, -0.15) is 4.31 Å². The summed E-state index contributed by atoms with van der Waals surface area (Å²) in [6.07, 6.45) is 2.89. The number of carbonyl (C=O) groups is 1. The first-order chi connectivity index (χ1) is 12.7. The lowest BCUT2D eigenvalue weighted by Gasteiger charge is -2.28. The van der Waals surface area contributed by atoms with E-state index < -0.39 is 10.0 Å². The average Bonchev–Trinajstić information content (AvgIpc) is 2.66. The number of piperidine rings is 1. The van der Waals surface area contributed by atoms with Crippen molar-refractivity contribution in [2.45, 2.75) is 57.5 Å². The van der Waals surface area contributed by atoms with Crippen molar-refractivity contribution in [1.29, 1.82) is 0 Å². The zero-order chi connectivity index (χ0) is 20.0. The van der Waals surface area contributed by atoms with E-state index >= 15 is 0 Å². The molecule has 1 fully saturated rings. The first-order valence-corrected chi connectivity index (χ1v) is 11.2. The van der Waals surface area contributed by atoms with Crippen molar-refractivity contribution in [3.8, 4) is 0 Å². The fourth-order valence-corrected chi connectivity index (χ4v) is 4.69. The lowest BCUT2D eigenvalue weighted by atomic mass is 9.85. The van der Waals surface area contributed by atoms with Crippen LogP contribution < -0.4 is 10.6 Å². The lowest BCUT2D eigenvalue weighted by molar-refractivity contribution is -0.122. The molecule has 0 aliphatic carbocycles. The molecule has 2 N–H and O–H groups in total. The van der Waals surface area contributed by atoms with Crippen LogP contribution in [0.5, 0.6) is 0 Å². The molecule has 27 heavy (non-hydrogen) atoms. The minimum Gasteiger partial charge on any atom is -0.352 e. The summed E-state index contributed by atoms with van der Waals surface area (Å²) in [6, 6.07) is 6.62. The number of hydrogen-bond donors (Lipinski definition) is 2. The Morgan fingerprint density at radius 3 is 2.48 bits per heavy atom. The Labute approximate surface area is 163 Å². The fraction of sp³-hybridized carbons (Fsp3) is 0.650. The van der Waals surface area contributed by atoms with E-state index in [4.69, 9.17) is 0 Å². The first-order valence-electron chi connectivity index (χ1n) is 9.76. The number of amides is 1. The third kappa shape index (κ3) is 6.02. The maximum absolute atomic E-state index is 12.5. The molecule has 2 unspecified atom stereocenters. The maximum Gasteiger partial charge on any atom is 0.243 e. The summed E-state index contributed by atoms with van der Waals surface area (Å²) in [7, 11) is -1.89. The molecule has 1 amide bonds. The van der Waals surface area contributed by atoms with Gasteiger partial charge in [0.15, 0.2) is 0 Å². The van der Waals surface area contributed by atoms with E-state index in [1.807, 2.05) is 13.8 Å². The molecule has 0 spiro atoms. The maximum atomic E-state index is 12.5. The molecular formula is C20H33N3O3S. The third-order valence-corrected chi connectivity index (χ3v) is 7.51. The van der Waals surface area contributed by atoms with Gasteiger partial charge in [0.2, 0.25) is 15.9 Å². The van der Waals surface area contributed by atoms with Gasteiger partial charge in [0.25, 0.3) is 0 Å². The minimum absolute atomic E-state index is 0.0457. The van der Waals surface area contributed by atoms with Crippen molar-refractivity contribution in [2.75, 3.05) is 20.1 Å². The second-order valence-corrected chi connectivity index (χ2v) is 9.82. The highest BCUT2D eigenvalue weighted by Crippen LogP contribution is 2.22. The molecule has 1 aromatic carbocycles. The SMILES string of the molecule is CC(CC(=O)NCc1ccc(S(=O)(=O)N(C)C(C)C)cc1)C1CCCNC1. The second kappa shape index (κ2) is 9.66. The van der Waals surface area contributed by atoms with E-state index in [-0.39, 0.29) is 16.8 Å². The molecular weight excluding hydrogens is 362 g/mol. The van der Waals surface area contributed by atoms with E-state index in [2.05, 4.69) is 17.6 Å². The molecule has 1 saturated heterocycles. The van der Waals surface area contributed by atoms with E-state index in [1.54, 1.807) is 31.3 Å². The highest BCUT2D eigenvalue weighted by Gasteiger charge is 2.23. The number of hydrogen-bond acceptors (Lipinski definition) is 4. The van der Waals surface area contributed by atoms with Crippen molar-refractivity contribution in [1.82, 2.24) is 14.9 Å². The van der Waals surface area contributed by atoms with E-state index in [0.717, 1.165) is 18.7 Å². The van der Waals surface area contributed by atoms with Crippen LogP contribution in [0.25, 0.3) is 0 Å². The Morgan fingerprint density at radius 1 is 1.26 bits per heavy atom. The van der Waals surface area contributed by atoms with Gasteiger partial charge in [-0.15, -0.1) is 0 Å². The van der Waals surface area contributed by atoms with Crippen LogP contribution in [0.15, 0.2) is 29.2 Å².